The molecule has 3 fully saturated rings. The number of halogens is 1. The van der Waals surface area contributed by atoms with Crippen LogP contribution in [-0.2, 0) is 37.4 Å². The molecule has 5 aliphatic rings. The van der Waals surface area contributed by atoms with Crippen molar-refractivity contribution in [2.75, 3.05) is 0 Å². The number of aliphatic hydroxyl groups is 1. The molecule has 7 heteroatoms. The summed E-state index contributed by atoms with van der Waals surface area (Å²) in [7, 11) is 0. The number of hydrogen-bond donors (Lipinski definition) is 2. The van der Waals surface area contributed by atoms with Crippen molar-refractivity contribution >= 4 is 32.6 Å². The summed E-state index contributed by atoms with van der Waals surface area (Å²) in [4.78, 5) is 17.3. The minimum absolute atomic E-state index is 0.146. The number of aromatic nitrogens is 1. The fraction of sp³-hybridized carbons (Fsp3) is 0.500. The third kappa shape index (κ3) is 3.14. The maximum Gasteiger partial charge on any atom is 0.195 e. The van der Waals surface area contributed by atoms with Crippen LogP contribution in [0.2, 0.25) is 0 Å². The molecular formula is C34H36BrNO5. The predicted octanol–water partition coefficient (Wildman–Crippen LogP) is 6.28. The van der Waals surface area contributed by atoms with Crippen molar-refractivity contribution in [2.45, 2.75) is 94.6 Å². The quantitative estimate of drug-likeness (QED) is 0.361. The van der Waals surface area contributed by atoms with Crippen LogP contribution in [0.15, 0.2) is 64.7 Å². The SMILES string of the molecule is CC1(C)O[C@@]23CCC4(C)[C@@]5(C)c6[nH]c7ccccc7c6C[C@@H]5C[C@H](OCc5ccc(Br)cc5)[C@@]4(O)C2=CC(=O)C1O3. The molecule has 214 valence electrons. The molecule has 1 aromatic heterocycles. The zero-order valence-electron chi connectivity index (χ0n) is 23.9. The highest BCUT2D eigenvalue weighted by molar-refractivity contribution is 9.10. The van der Waals surface area contributed by atoms with Gasteiger partial charge < -0.3 is 24.3 Å². The first-order valence-corrected chi connectivity index (χ1v) is 15.6. The number of fused-ring (bicyclic) bond motifs is 9. The van der Waals surface area contributed by atoms with E-state index in [0.717, 1.165) is 22.0 Å². The average Bonchev–Trinajstić information content (AvgIpc) is 3.52. The highest BCUT2D eigenvalue weighted by Crippen LogP contribution is 2.72. The number of para-hydroxylation sites is 1. The molecule has 1 saturated heterocycles. The highest BCUT2D eigenvalue weighted by Gasteiger charge is 2.78. The van der Waals surface area contributed by atoms with Gasteiger partial charge in [-0.1, -0.05) is 60.1 Å². The molecule has 2 bridgehead atoms. The fourth-order valence-electron chi connectivity index (χ4n) is 9.36. The number of hydrogen-bond acceptors (Lipinski definition) is 5. The van der Waals surface area contributed by atoms with Gasteiger partial charge in [-0.15, -0.1) is 0 Å². The Kier molecular flexibility index (Phi) is 5.27. The molecule has 2 saturated carbocycles. The van der Waals surface area contributed by atoms with Gasteiger partial charge in [-0.25, -0.2) is 0 Å². The van der Waals surface area contributed by atoms with Crippen molar-refractivity contribution in [3.8, 4) is 0 Å². The van der Waals surface area contributed by atoms with Crippen molar-refractivity contribution in [1.82, 2.24) is 4.98 Å². The molecule has 8 rings (SSSR count). The summed E-state index contributed by atoms with van der Waals surface area (Å²) in [5.41, 5.74) is 1.92. The van der Waals surface area contributed by atoms with Gasteiger partial charge in [0.1, 0.15) is 11.2 Å². The van der Waals surface area contributed by atoms with Crippen molar-refractivity contribution < 1.29 is 24.1 Å². The van der Waals surface area contributed by atoms with E-state index < -0.39 is 34.6 Å². The molecule has 41 heavy (non-hydrogen) atoms. The standard InChI is InChI=1S/C34H36BrNO5/c1-30(2)29-25(37)17-26-33(40-29,41-30)14-13-31(3)32(4)20(15-23-22-7-5-6-8-24(22)36-28(23)32)16-27(34(26,31)38)39-18-19-9-11-21(35)12-10-19/h5-12,17,20,27,29,36,38H,13-16,18H2,1-4H3/t20-,27+,29?,31?,32-,33+,34+/m1/s1. The van der Waals surface area contributed by atoms with E-state index in [1.807, 2.05) is 38.1 Å². The van der Waals surface area contributed by atoms with Crippen LogP contribution in [0.5, 0.6) is 0 Å². The fourth-order valence-corrected chi connectivity index (χ4v) is 9.63. The van der Waals surface area contributed by atoms with Crippen LogP contribution < -0.4 is 0 Å². The first-order valence-electron chi connectivity index (χ1n) is 14.8. The number of nitrogens with one attached hydrogen (secondary N) is 1. The van der Waals surface area contributed by atoms with Crippen molar-refractivity contribution in [3.05, 3.63) is 81.5 Å². The van der Waals surface area contributed by atoms with Gasteiger partial charge in [0.15, 0.2) is 17.7 Å². The maximum absolute atomic E-state index is 13.5. The second-order valence-corrected chi connectivity index (χ2v) is 14.7. The highest BCUT2D eigenvalue weighted by atomic mass is 79.9. The lowest BCUT2D eigenvalue weighted by Gasteiger charge is -2.67. The van der Waals surface area contributed by atoms with E-state index in [1.54, 1.807) is 6.08 Å². The molecule has 6 nitrogen and oxygen atoms in total. The Bertz CT molecular complexity index is 1640. The van der Waals surface area contributed by atoms with E-state index in [9.17, 15) is 9.90 Å². The molecule has 7 atom stereocenters. The first-order chi connectivity index (χ1) is 19.4. The Morgan fingerprint density at radius 3 is 2.61 bits per heavy atom. The van der Waals surface area contributed by atoms with E-state index in [4.69, 9.17) is 14.2 Å². The molecule has 3 aliphatic carbocycles. The number of carbonyl (C=O) groups excluding carboxylic acids is 1. The van der Waals surface area contributed by atoms with E-state index in [2.05, 4.69) is 59.0 Å². The topological polar surface area (TPSA) is 80.8 Å². The largest absolute Gasteiger partial charge is 0.382 e. The number of carbonyl (C=O) groups is 1. The smallest absolute Gasteiger partial charge is 0.195 e. The van der Waals surface area contributed by atoms with Crippen LogP contribution in [-0.4, -0.2) is 45.1 Å². The molecule has 2 aliphatic heterocycles. The molecule has 1 spiro atoms. The normalized spacial score (nSPS) is 40.1. The van der Waals surface area contributed by atoms with E-state index in [0.29, 0.717) is 31.4 Å². The number of aromatic amines is 1. The van der Waals surface area contributed by atoms with Gasteiger partial charge in [-0.2, -0.15) is 0 Å². The van der Waals surface area contributed by atoms with Crippen molar-refractivity contribution in [2.24, 2.45) is 11.3 Å². The van der Waals surface area contributed by atoms with E-state index >= 15 is 0 Å². The summed E-state index contributed by atoms with van der Waals surface area (Å²) in [6.45, 7) is 8.71. The summed E-state index contributed by atoms with van der Waals surface area (Å²) in [6.07, 6.45) is 3.24. The van der Waals surface area contributed by atoms with Gasteiger partial charge in [-0.05, 0) is 74.4 Å². The molecule has 2 unspecified atom stereocenters. The lowest BCUT2D eigenvalue weighted by Crippen LogP contribution is -2.74. The molecular weight excluding hydrogens is 582 g/mol. The number of H-pyrrole nitrogens is 1. The van der Waals surface area contributed by atoms with Gasteiger partial charge in [0, 0.05) is 43.9 Å². The third-order valence-corrected chi connectivity index (χ3v) is 12.1. The van der Waals surface area contributed by atoms with Gasteiger partial charge in [0.2, 0.25) is 0 Å². The van der Waals surface area contributed by atoms with Crippen LogP contribution >= 0.6 is 15.9 Å². The molecule has 3 aromatic rings. The van der Waals surface area contributed by atoms with Crippen LogP contribution in [0.3, 0.4) is 0 Å². The number of ketones is 1. The third-order valence-electron chi connectivity index (χ3n) is 11.6. The summed E-state index contributed by atoms with van der Waals surface area (Å²) < 4.78 is 20.9. The molecule has 2 aromatic carbocycles. The van der Waals surface area contributed by atoms with Crippen molar-refractivity contribution in [1.29, 1.82) is 0 Å². The maximum atomic E-state index is 13.5. The van der Waals surface area contributed by atoms with Crippen LogP contribution in [0.1, 0.15) is 63.8 Å². The van der Waals surface area contributed by atoms with Crippen LogP contribution in [0.4, 0.5) is 0 Å². The molecule has 0 radical (unpaired) electrons. The summed E-state index contributed by atoms with van der Waals surface area (Å²) in [5.74, 6) is -1.02. The molecule has 3 heterocycles. The second kappa shape index (κ2) is 8.20. The van der Waals surface area contributed by atoms with Crippen LogP contribution in [0, 0.1) is 11.3 Å². The van der Waals surface area contributed by atoms with Gasteiger partial charge in [0.25, 0.3) is 0 Å². The minimum atomic E-state index is -1.49. The first kappa shape index (κ1) is 26.3. The summed E-state index contributed by atoms with van der Waals surface area (Å²) in [6, 6.07) is 16.6. The van der Waals surface area contributed by atoms with Crippen molar-refractivity contribution in [3.63, 3.8) is 0 Å². The molecule has 2 N–H and O–H groups in total. The Labute approximate surface area is 248 Å². The summed E-state index contributed by atoms with van der Waals surface area (Å²) >= 11 is 3.52. The zero-order chi connectivity index (χ0) is 28.6. The Hall–Kier alpha value is -2.29. The Balaban J connectivity index is 1.30. The second-order valence-electron chi connectivity index (χ2n) is 13.8. The molecule has 0 amide bonds. The number of benzene rings is 2. The van der Waals surface area contributed by atoms with E-state index in [1.165, 1.54) is 16.6 Å². The van der Waals surface area contributed by atoms with Crippen LogP contribution in [0.25, 0.3) is 10.9 Å². The monoisotopic (exact) mass is 617 g/mol. The lowest BCUT2D eigenvalue weighted by atomic mass is 9.41. The number of ether oxygens (including phenoxy) is 3. The number of rotatable bonds is 3. The predicted molar refractivity (Wildman–Crippen MR) is 158 cm³/mol. The Morgan fingerprint density at radius 2 is 1.83 bits per heavy atom. The Morgan fingerprint density at radius 1 is 1.07 bits per heavy atom. The van der Waals surface area contributed by atoms with Gasteiger partial charge in [0.05, 0.1) is 12.7 Å². The summed E-state index contributed by atoms with van der Waals surface area (Å²) in [5, 5.41) is 14.7. The zero-order valence-corrected chi connectivity index (χ0v) is 25.5. The lowest BCUT2D eigenvalue weighted by molar-refractivity contribution is -0.282. The average molecular weight is 619 g/mol. The van der Waals surface area contributed by atoms with Gasteiger partial charge in [-0.3, -0.25) is 4.79 Å². The van der Waals surface area contributed by atoms with Gasteiger partial charge >= 0.3 is 0 Å². The van der Waals surface area contributed by atoms with E-state index in [-0.39, 0.29) is 17.1 Å². The minimum Gasteiger partial charge on any atom is -0.382 e.